The number of benzene rings is 1. The summed E-state index contributed by atoms with van der Waals surface area (Å²) >= 11 is 3.48. The van der Waals surface area contributed by atoms with Gasteiger partial charge < -0.3 is 10.1 Å². The van der Waals surface area contributed by atoms with Gasteiger partial charge in [-0.2, -0.15) is 0 Å². The second kappa shape index (κ2) is 7.90. The number of carbonyl (C=O) groups is 1. The average molecular weight is 396 g/mol. The first-order valence-corrected chi connectivity index (χ1v) is 9.65. The van der Waals surface area contributed by atoms with E-state index < -0.39 is 0 Å². The van der Waals surface area contributed by atoms with Crippen LogP contribution in [-0.4, -0.2) is 18.6 Å². The second-order valence-corrected chi connectivity index (χ2v) is 9.06. The van der Waals surface area contributed by atoms with Gasteiger partial charge in [-0.25, -0.2) is 0 Å². The Hall–Kier alpha value is -1.03. The number of halogens is 1. The van der Waals surface area contributed by atoms with E-state index in [2.05, 4.69) is 42.0 Å². The zero-order chi connectivity index (χ0) is 17.9. The molecule has 1 amide bonds. The molecule has 1 saturated carbocycles. The van der Waals surface area contributed by atoms with Crippen molar-refractivity contribution in [1.29, 1.82) is 0 Å². The van der Waals surface area contributed by atoms with E-state index in [-0.39, 0.29) is 12.5 Å². The normalized spacial score (nSPS) is 21.4. The third-order valence-electron chi connectivity index (χ3n) is 5.09. The van der Waals surface area contributed by atoms with Crippen molar-refractivity contribution in [3.63, 3.8) is 0 Å². The monoisotopic (exact) mass is 395 g/mol. The third-order valence-corrected chi connectivity index (χ3v) is 5.55. The number of aryl methyl sites for hydroxylation is 2. The lowest BCUT2D eigenvalue weighted by molar-refractivity contribution is -0.124. The van der Waals surface area contributed by atoms with Gasteiger partial charge in [0.2, 0.25) is 0 Å². The van der Waals surface area contributed by atoms with Gasteiger partial charge in [-0.05, 0) is 74.1 Å². The van der Waals surface area contributed by atoms with Crippen LogP contribution in [0.5, 0.6) is 5.75 Å². The number of nitrogens with one attached hydrogen (secondary N) is 1. The minimum Gasteiger partial charge on any atom is -0.483 e. The number of hydrogen-bond donors (Lipinski definition) is 1. The van der Waals surface area contributed by atoms with Crippen molar-refractivity contribution in [2.45, 2.75) is 66.3 Å². The van der Waals surface area contributed by atoms with E-state index in [0.717, 1.165) is 40.1 Å². The van der Waals surface area contributed by atoms with Crippen LogP contribution in [-0.2, 0) is 4.79 Å². The maximum atomic E-state index is 12.2. The van der Waals surface area contributed by atoms with Crippen LogP contribution in [0.3, 0.4) is 0 Å². The van der Waals surface area contributed by atoms with E-state index in [4.69, 9.17) is 4.74 Å². The summed E-state index contributed by atoms with van der Waals surface area (Å²) in [5, 5.41) is 3.14. The average Bonchev–Trinajstić information content (AvgIpc) is 2.45. The molecule has 0 heterocycles. The first kappa shape index (κ1) is 19.3. The molecule has 1 aliphatic rings. The molecule has 0 unspecified atom stereocenters. The summed E-state index contributed by atoms with van der Waals surface area (Å²) in [5.41, 5.74) is 2.45. The van der Waals surface area contributed by atoms with Gasteiger partial charge in [0.05, 0.1) is 0 Å². The highest BCUT2D eigenvalue weighted by Gasteiger charge is 2.30. The highest BCUT2D eigenvalue weighted by atomic mass is 79.9. The van der Waals surface area contributed by atoms with Crippen LogP contribution in [0.1, 0.15) is 57.6 Å². The summed E-state index contributed by atoms with van der Waals surface area (Å²) in [7, 11) is 0. The van der Waals surface area contributed by atoms with Crippen LogP contribution >= 0.6 is 15.9 Å². The fourth-order valence-corrected chi connectivity index (χ4v) is 4.32. The van der Waals surface area contributed by atoms with E-state index in [1.54, 1.807) is 0 Å². The Bertz CT molecular complexity index is 561. The number of rotatable bonds is 4. The van der Waals surface area contributed by atoms with Gasteiger partial charge in [0, 0.05) is 10.5 Å². The molecular weight excluding hydrogens is 366 g/mol. The molecule has 0 aromatic heterocycles. The Morgan fingerprint density at radius 3 is 2.21 bits per heavy atom. The van der Waals surface area contributed by atoms with Crippen LogP contribution in [0.25, 0.3) is 0 Å². The van der Waals surface area contributed by atoms with E-state index >= 15 is 0 Å². The molecule has 24 heavy (non-hydrogen) atoms. The Kier molecular flexibility index (Phi) is 6.35. The summed E-state index contributed by atoms with van der Waals surface area (Å²) in [6.45, 7) is 11.0. The van der Waals surface area contributed by atoms with E-state index in [0.29, 0.717) is 11.5 Å². The fraction of sp³-hybridized carbons (Fsp3) is 0.650. The minimum atomic E-state index is -0.0177. The molecule has 0 atom stereocenters. The quantitative estimate of drug-likeness (QED) is 0.763. The molecule has 0 saturated heterocycles. The Labute approximate surface area is 154 Å². The maximum absolute atomic E-state index is 12.2. The molecule has 1 fully saturated rings. The lowest BCUT2D eigenvalue weighted by Gasteiger charge is -2.37. The summed E-state index contributed by atoms with van der Waals surface area (Å²) in [5.74, 6) is 1.55. The van der Waals surface area contributed by atoms with Crippen molar-refractivity contribution < 1.29 is 9.53 Å². The Balaban J connectivity index is 1.81. The highest BCUT2D eigenvalue weighted by Crippen LogP contribution is 2.37. The van der Waals surface area contributed by atoms with Gasteiger partial charge in [-0.15, -0.1) is 0 Å². The van der Waals surface area contributed by atoms with Gasteiger partial charge in [0.25, 0.3) is 5.91 Å². The first-order chi connectivity index (χ1) is 11.2. The van der Waals surface area contributed by atoms with E-state index in [1.165, 1.54) is 12.8 Å². The predicted octanol–water partition coefficient (Wildman–Crippen LogP) is 5.17. The van der Waals surface area contributed by atoms with Crippen molar-refractivity contribution >= 4 is 21.8 Å². The molecule has 0 radical (unpaired) electrons. The minimum absolute atomic E-state index is 0.0177. The van der Waals surface area contributed by atoms with Crippen LogP contribution in [0.15, 0.2) is 16.6 Å². The van der Waals surface area contributed by atoms with Gasteiger partial charge in [-0.3, -0.25) is 4.79 Å². The van der Waals surface area contributed by atoms with Crippen LogP contribution in [0.2, 0.25) is 0 Å². The zero-order valence-electron chi connectivity index (χ0n) is 15.5. The summed E-state index contributed by atoms with van der Waals surface area (Å²) in [6, 6.07) is 4.31. The van der Waals surface area contributed by atoms with E-state index in [1.807, 2.05) is 26.0 Å². The van der Waals surface area contributed by atoms with Gasteiger partial charge in [0.1, 0.15) is 5.75 Å². The molecule has 0 aliphatic heterocycles. The van der Waals surface area contributed by atoms with Gasteiger partial charge >= 0.3 is 0 Å². The SMILES string of the molecule is Cc1cc(Br)cc(C)c1OCC(=O)NC1CCC(C(C)(C)C)CC1. The number of ether oxygens (including phenoxy) is 1. The topological polar surface area (TPSA) is 38.3 Å². The first-order valence-electron chi connectivity index (χ1n) is 8.85. The molecule has 3 nitrogen and oxygen atoms in total. The molecule has 1 N–H and O–H groups in total. The number of carbonyl (C=O) groups excluding carboxylic acids is 1. The second-order valence-electron chi connectivity index (χ2n) is 8.14. The summed E-state index contributed by atoms with van der Waals surface area (Å²) in [4.78, 5) is 12.2. The summed E-state index contributed by atoms with van der Waals surface area (Å²) in [6.07, 6.45) is 4.54. The molecule has 0 spiro atoms. The van der Waals surface area contributed by atoms with Crippen LogP contribution in [0, 0.1) is 25.2 Å². The van der Waals surface area contributed by atoms with Crippen molar-refractivity contribution in [3.05, 3.63) is 27.7 Å². The lowest BCUT2D eigenvalue weighted by Crippen LogP contribution is -2.41. The molecule has 4 heteroatoms. The molecular formula is C20H30BrNO2. The number of hydrogen-bond acceptors (Lipinski definition) is 2. The Morgan fingerprint density at radius 2 is 1.71 bits per heavy atom. The van der Waals surface area contributed by atoms with Crippen molar-refractivity contribution in [1.82, 2.24) is 5.32 Å². The molecule has 0 bridgehead atoms. The Morgan fingerprint density at radius 1 is 1.17 bits per heavy atom. The van der Waals surface area contributed by atoms with Crippen LogP contribution in [0.4, 0.5) is 0 Å². The van der Waals surface area contributed by atoms with Crippen LogP contribution < -0.4 is 10.1 Å². The van der Waals surface area contributed by atoms with Crippen molar-refractivity contribution in [3.8, 4) is 5.75 Å². The molecule has 1 aromatic rings. The third kappa shape index (κ3) is 5.23. The van der Waals surface area contributed by atoms with E-state index in [9.17, 15) is 4.79 Å². The molecule has 2 rings (SSSR count). The largest absolute Gasteiger partial charge is 0.483 e. The predicted molar refractivity (Wildman–Crippen MR) is 102 cm³/mol. The van der Waals surface area contributed by atoms with Crippen molar-refractivity contribution in [2.75, 3.05) is 6.61 Å². The summed E-state index contributed by atoms with van der Waals surface area (Å²) < 4.78 is 6.80. The van der Waals surface area contributed by atoms with Gasteiger partial charge in [-0.1, -0.05) is 36.7 Å². The van der Waals surface area contributed by atoms with Crippen molar-refractivity contribution in [2.24, 2.45) is 11.3 Å². The fourth-order valence-electron chi connectivity index (χ4n) is 3.64. The number of amides is 1. The van der Waals surface area contributed by atoms with Gasteiger partial charge in [0.15, 0.2) is 6.61 Å². The smallest absolute Gasteiger partial charge is 0.258 e. The molecule has 1 aromatic carbocycles. The standard InChI is InChI=1S/C20H30BrNO2/c1-13-10-16(21)11-14(2)19(13)24-12-18(23)22-17-8-6-15(7-9-17)20(3,4)5/h10-11,15,17H,6-9,12H2,1-5H3,(H,22,23). The maximum Gasteiger partial charge on any atom is 0.258 e. The molecule has 134 valence electrons. The zero-order valence-corrected chi connectivity index (χ0v) is 17.1. The highest BCUT2D eigenvalue weighted by molar-refractivity contribution is 9.10. The lowest BCUT2D eigenvalue weighted by atomic mass is 9.71. The molecule has 1 aliphatic carbocycles.